The third kappa shape index (κ3) is 3.59. The zero-order chi connectivity index (χ0) is 13.8. The van der Waals surface area contributed by atoms with E-state index in [0.29, 0.717) is 5.56 Å². The lowest BCUT2D eigenvalue weighted by Gasteiger charge is -2.20. The molecule has 0 aliphatic rings. The van der Waals surface area contributed by atoms with E-state index in [1.165, 1.54) is 5.56 Å². The van der Waals surface area contributed by atoms with E-state index in [1.807, 2.05) is 37.4 Å². The topological polar surface area (TPSA) is 27.0 Å². The monoisotopic (exact) mass is 378 g/mol. The van der Waals surface area contributed by atoms with Crippen LogP contribution in [0.1, 0.15) is 11.1 Å². The number of benzene rings is 2. The first-order chi connectivity index (χ1) is 9.10. The van der Waals surface area contributed by atoms with Gasteiger partial charge in [-0.3, -0.25) is 0 Å². The van der Waals surface area contributed by atoms with Crippen molar-refractivity contribution in [3.8, 4) is 6.07 Å². The highest BCUT2D eigenvalue weighted by molar-refractivity contribution is 9.10. The van der Waals surface area contributed by atoms with Gasteiger partial charge in [-0.2, -0.15) is 5.26 Å². The molecule has 2 rings (SSSR count). The van der Waals surface area contributed by atoms with Crippen molar-refractivity contribution in [1.29, 1.82) is 5.26 Å². The summed E-state index contributed by atoms with van der Waals surface area (Å²) in [4.78, 5) is 2.15. The Morgan fingerprint density at radius 1 is 1.11 bits per heavy atom. The summed E-state index contributed by atoms with van der Waals surface area (Å²) in [5, 5.41) is 8.91. The SMILES string of the molecule is CN(Cc1ccc(Br)cc1)c1ccc(C#N)c(Br)c1. The van der Waals surface area contributed by atoms with Gasteiger partial charge < -0.3 is 4.90 Å². The summed E-state index contributed by atoms with van der Waals surface area (Å²) >= 11 is 6.85. The summed E-state index contributed by atoms with van der Waals surface area (Å²) in [6.45, 7) is 0.825. The lowest BCUT2D eigenvalue weighted by molar-refractivity contribution is 0.922. The third-order valence-electron chi connectivity index (χ3n) is 2.85. The molecule has 2 aromatic rings. The molecule has 0 aliphatic carbocycles. The highest BCUT2D eigenvalue weighted by Crippen LogP contribution is 2.24. The molecule has 0 aromatic heterocycles. The van der Waals surface area contributed by atoms with E-state index >= 15 is 0 Å². The number of nitrogens with zero attached hydrogens (tertiary/aromatic N) is 2. The fraction of sp³-hybridized carbons (Fsp3) is 0.133. The second-order valence-corrected chi connectivity index (χ2v) is 6.03. The summed E-state index contributed by atoms with van der Waals surface area (Å²) in [5.41, 5.74) is 2.97. The molecular formula is C15H12Br2N2. The molecule has 0 N–H and O–H groups in total. The molecule has 19 heavy (non-hydrogen) atoms. The van der Waals surface area contributed by atoms with Gasteiger partial charge in [-0.25, -0.2) is 0 Å². The molecule has 0 spiro atoms. The van der Waals surface area contributed by atoms with Gasteiger partial charge in [0.1, 0.15) is 6.07 Å². The fourth-order valence-corrected chi connectivity index (χ4v) is 2.51. The molecule has 2 aromatic carbocycles. The second-order valence-electron chi connectivity index (χ2n) is 4.26. The molecule has 0 amide bonds. The van der Waals surface area contributed by atoms with Crippen molar-refractivity contribution >= 4 is 37.5 Å². The molecule has 2 nitrogen and oxygen atoms in total. The first-order valence-electron chi connectivity index (χ1n) is 5.75. The van der Waals surface area contributed by atoms with Gasteiger partial charge in [-0.15, -0.1) is 0 Å². The van der Waals surface area contributed by atoms with Crippen LogP contribution >= 0.6 is 31.9 Å². The summed E-state index contributed by atoms with van der Waals surface area (Å²) in [7, 11) is 2.04. The number of rotatable bonds is 3. The van der Waals surface area contributed by atoms with Gasteiger partial charge in [0.05, 0.1) is 5.56 Å². The van der Waals surface area contributed by atoms with Gasteiger partial charge in [0.2, 0.25) is 0 Å². The fourth-order valence-electron chi connectivity index (χ4n) is 1.79. The summed E-state index contributed by atoms with van der Waals surface area (Å²) < 4.78 is 1.91. The van der Waals surface area contributed by atoms with E-state index < -0.39 is 0 Å². The average molecular weight is 380 g/mol. The molecular weight excluding hydrogens is 368 g/mol. The molecule has 0 bridgehead atoms. The van der Waals surface area contributed by atoms with Crippen molar-refractivity contribution in [2.45, 2.75) is 6.54 Å². The van der Waals surface area contributed by atoms with Crippen LogP contribution in [0.25, 0.3) is 0 Å². The maximum atomic E-state index is 8.91. The van der Waals surface area contributed by atoms with Crippen LogP contribution in [0.4, 0.5) is 5.69 Å². The van der Waals surface area contributed by atoms with E-state index in [9.17, 15) is 0 Å². The second kappa shape index (κ2) is 6.23. The number of anilines is 1. The Hall–Kier alpha value is -1.31. The van der Waals surface area contributed by atoms with E-state index in [0.717, 1.165) is 21.2 Å². The van der Waals surface area contributed by atoms with Crippen molar-refractivity contribution in [3.05, 3.63) is 62.5 Å². The lowest BCUT2D eigenvalue weighted by Crippen LogP contribution is -2.16. The van der Waals surface area contributed by atoms with E-state index in [4.69, 9.17) is 5.26 Å². The van der Waals surface area contributed by atoms with Crippen LogP contribution in [-0.4, -0.2) is 7.05 Å². The van der Waals surface area contributed by atoms with Crippen molar-refractivity contribution in [3.63, 3.8) is 0 Å². The Kier molecular flexibility index (Phi) is 4.62. The van der Waals surface area contributed by atoms with Gasteiger partial charge in [0.15, 0.2) is 0 Å². The minimum atomic E-state index is 0.654. The minimum Gasteiger partial charge on any atom is -0.370 e. The largest absolute Gasteiger partial charge is 0.370 e. The zero-order valence-corrected chi connectivity index (χ0v) is 13.6. The van der Waals surface area contributed by atoms with Gasteiger partial charge in [-0.1, -0.05) is 28.1 Å². The maximum absolute atomic E-state index is 8.91. The Morgan fingerprint density at radius 3 is 2.37 bits per heavy atom. The van der Waals surface area contributed by atoms with Crippen LogP contribution in [0.15, 0.2) is 51.4 Å². The summed E-state index contributed by atoms with van der Waals surface area (Å²) in [6, 6.07) is 16.2. The van der Waals surface area contributed by atoms with Crippen LogP contribution in [0.2, 0.25) is 0 Å². The normalized spacial score (nSPS) is 10.0. The van der Waals surface area contributed by atoms with Crippen LogP contribution in [-0.2, 0) is 6.54 Å². The highest BCUT2D eigenvalue weighted by atomic mass is 79.9. The van der Waals surface area contributed by atoms with Crippen molar-refractivity contribution in [2.24, 2.45) is 0 Å². The molecule has 96 valence electrons. The molecule has 0 atom stereocenters. The summed E-state index contributed by atoms with van der Waals surface area (Å²) in [5.74, 6) is 0. The van der Waals surface area contributed by atoms with Gasteiger partial charge in [0.25, 0.3) is 0 Å². The van der Waals surface area contributed by atoms with Gasteiger partial charge >= 0.3 is 0 Å². The van der Waals surface area contributed by atoms with Gasteiger partial charge in [0, 0.05) is 28.2 Å². The van der Waals surface area contributed by atoms with Crippen molar-refractivity contribution in [1.82, 2.24) is 0 Å². The smallest absolute Gasteiger partial charge is 0.100 e. The van der Waals surface area contributed by atoms with Crippen LogP contribution in [0.5, 0.6) is 0 Å². The van der Waals surface area contributed by atoms with E-state index in [1.54, 1.807) is 0 Å². The number of halogens is 2. The third-order valence-corrected chi connectivity index (χ3v) is 4.03. The Morgan fingerprint density at radius 2 is 1.79 bits per heavy atom. The van der Waals surface area contributed by atoms with E-state index in [-0.39, 0.29) is 0 Å². The first kappa shape index (κ1) is 14.1. The molecule has 0 heterocycles. The average Bonchev–Trinajstić information content (AvgIpc) is 2.41. The lowest BCUT2D eigenvalue weighted by atomic mass is 10.2. The zero-order valence-electron chi connectivity index (χ0n) is 10.4. The Bertz CT molecular complexity index is 615. The molecule has 0 radical (unpaired) electrons. The van der Waals surface area contributed by atoms with Crippen LogP contribution in [0, 0.1) is 11.3 Å². The summed E-state index contributed by atoms with van der Waals surface area (Å²) in [6.07, 6.45) is 0. The molecule has 0 saturated carbocycles. The van der Waals surface area contributed by atoms with Crippen molar-refractivity contribution < 1.29 is 0 Å². The number of hydrogen-bond donors (Lipinski definition) is 0. The number of hydrogen-bond acceptors (Lipinski definition) is 2. The van der Waals surface area contributed by atoms with E-state index in [2.05, 4.69) is 55.0 Å². The molecule has 0 unspecified atom stereocenters. The molecule has 0 fully saturated rings. The minimum absolute atomic E-state index is 0.654. The molecule has 4 heteroatoms. The highest BCUT2D eigenvalue weighted by Gasteiger charge is 2.05. The maximum Gasteiger partial charge on any atom is 0.100 e. The Labute approximate surface area is 129 Å². The first-order valence-corrected chi connectivity index (χ1v) is 7.34. The van der Waals surface area contributed by atoms with Crippen LogP contribution < -0.4 is 4.90 Å². The van der Waals surface area contributed by atoms with Crippen LogP contribution in [0.3, 0.4) is 0 Å². The Balaban J connectivity index is 2.16. The molecule has 0 aliphatic heterocycles. The predicted molar refractivity (Wildman–Crippen MR) is 85.1 cm³/mol. The number of nitriles is 1. The quantitative estimate of drug-likeness (QED) is 0.771. The predicted octanol–water partition coefficient (Wildman–Crippen LogP) is 4.72. The standard InChI is InChI=1S/C15H12Br2N2/c1-19(10-11-2-5-13(16)6-3-11)14-7-4-12(9-18)15(17)8-14/h2-8H,10H2,1H3. The molecule has 0 saturated heterocycles. The van der Waals surface area contributed by atoms with Gasteiger partial charge in [-0.05, 0) is 51.8 Å². The van der Waals surface area contributed by atoms with Crippen molar-refractivity contribution in [2.75, 3.05) is 11.9 Å².